The van der Waals surface area contributed by atoms with E-state index in [0.717, 1.165) is 25.7 Å². The third-order valence-corrected chi connectivity index (χ3v) is 4.33. The van der Waals surface area contributed by atoms with E-state index < -0.39 is 0 Å². The SMILES string of the molecule is CC([NH3+])OCc1ccc2sc3ccccc3c(=O)c2c1.[I-]. The van der Waals surface area contributed by atoms with Crippen LogP contribution in [0.25, 0.3) is 20.2 Å². The molecule has 3 N–H and O–H groups in total. The standard InChI is InChI=1S/C16H15NO2S.HI/c1-10(17)19-9-11-6-7-15-13(8-11)16(18)12-4-2-3-5-14(12)20-15;/h2-8,10H,9,17H2,1H3;1H. The lowest BCUT2D eigenvalue weighted by Crippen LogP contribution is -3.00. The van der Waals surface area contributed by atoms with Crippen LogP contribution in [0.1, 0.15) is 12.5 Å². The van der Waals surface area contributed by atoms with Gasteiger partial charge in [-0.05, 0) is 29.8 Å². The van der Waals surface area contributed by atoms with E-state index in [4.69, 9.17) is 4.74 Å². The van der Waals surface area contributed by atoms with Gasteiger partial charge in [0.25, 0.3) is 0 Å². The number of quaternary nitrogens is 1. The van der Waals surface area contributed by atoms with Crippen LogP contribution in [0.15, 0.2) is 47.3 Å². The van der Waals surface area contributed by atoms with E-state index in [1.54, 1.807) is 11.3 Å². The normalized spacial score (nSPS) is 12.3. The van der Waals surface area contributed by atoms with Crippen LogP contribution in [0.5, 0.6) is 0 Å². The molecule has 0 saturated carbocycles. The summed E-state index contributed by atoms with van der Waals surface area (Å²) in [5.74, 6) is 0. The first kappa shape index (κ1) is 16.4. The van der Waals surface area contributed by atoms with Crippen molar-refractivity contribution in [2.24, 2.45) is 0 Å². The summed E-state index contributed by atoms with van der Waals surface area (Å²) in [5, 5.41) is 1.56. The molecule has 21 heavy (non-hydrogen) atoms. The Balaban J connectivity index is 0.00000161. The van der Waals surface area contributed by atoms with E-state index in [1.807, 2.05) is 49.4 Å². The number of hydrogen-bond donors (Lipinski definition) is 1. The van der Waals surface area contributed by atoms with Crippen LogP contribution < -0.4 is 35.1 Å². The summed E-state index contributed by atoms with van der Waals surface area (Å²) in [7, 11) is 0. The zero-order valence-electron chi connectivity index (χ0n) is 11.6. The first-order valence-corrected chi connectivity index (χ1v) is 7.36. The maximum Gasteiger partial charge on any atom is 0.195 e. The van der Waals surface area contributed by atoms with Gasteiger partial charge in [-0.1, -0.05) is 18.2 Å². The van der Waals surface area contributed by atoms with Gasteiger partial charge in [-0.25, -0.2) is 0 Å². The Morgan fingerprint density at radius 3 is 2.62 bits per heavy atom. The summed E-state index contributed by atoms with van der Waals surface area (Å²) < 4.78 is 7.54. The van der Waals surface area contributed by atoms with Crippen molar-refractivity contribution < 1.29 is 34.4 Å². The van der Waals surface area contributed by atoms with Gasteiger partial charge in [-0.3, -0.25) is 4.79 Å². The molecule has 5 heteroatoms. The largest absolute Gasteiger partial charge is 1.00 e. The summed E-state index contributed by atoms with van der Waals surface area (Å²) in [4.78, 5) is 12.5. The van der Waals surface area contributed by atoms with Gasteiger partial charge in [0.05, 0.1) is 6.61 Å². The van der Waals surface area contributed by atoms with Gasteiger partial charge in [0.2, 0.25) is 0 Å². The Hall–Kier alpha value is -1.02. The highest BCUT2D eigenvalue weighted by molar-refractivity contribution is 7.24. The predicted molar refractivity (Wildman–Crippen MR) is 82.7 cm³/mol. The number of fused-ring (bicyclic) bond motifs is 2. The van der Waals surface area contributed by atoms with Crippen LogP contribution in [0.4, 0.5) is 0 Å². The van der Waals surface area contributed by atoms with Crippen LogP contribution in [0, 0.1) is 0 Å². The number of rotatable bonds is 3. The fraction of sp³-hybridized carbons (Fsp3) is 0.188. The minimum atomic E-state index is -0.0585. The Bertz CT molecular complexity index is 829. The molecule has 3 nitrogen and oxygen atoms in total. The van der Waals surface area contributed by atoms with Crippen molar-refractivity contribution in [2.75, 3.05) is 0 Å². The molecule has 1 heterocycles. The molecule has 0 bridgehead atoms. The highest BCUT2D eigenvalue weighted by atomic mass is 127. The summed E-state index contributed by atoms with van der Waals surface area (Å²) in [6.07, 6.45) is -0.0585. The second kappa shape index (κ2) is 6.83. The third kappa shape index (κ3) is 3.42. The molecular weight excluding hydrogens is 397 g/mol. The Morgan fingerprint density at radius 1 is 1.14 bits per heavy atom. The van der Waals surface area contributed by atoms with Crippen molar-refractivity contribution in [3.05, 3.63) is 58.3 Å². The minimum Gasteiger partial charge on any atom is -1.00 e. The molecule has 0 aliphatic carbocycles. The van der Waals surface area contributed by atoms with Crippen LogP contribution >= 0.6 is 11.3 Å². The molecule has 2 aromatic carbocycles. The van der Waals surface area contributed by atoms with E-state index in [9.17, 15) is 4.79 Å². The average molecular weight is 413 g/mol. The van der Waals surface area contributed by atoms with Crippen LogP contribution in [0.3, 0.4) is 0 Å². The van der Waals surface area contributed by atoms with E-state index in [0.29, 0.717) is 6.61 Å². The molecule has 110 valence electrons. The predicted octanol–water partition coefficient (Wildman–Crippen LogP) is -0.477. The summed E-state index contributed by atoms with van der Waals surface area (Å²) in [5.41, 5.74) is 4.90. The Kier molecular flexibility index (Phi) is 5.32. The van der Waals surface area contributed by atoms with Crippen molar-refractivity contribution in [2.45, 2.75) is 19.8 Å². The average Bonchev–Trinajstić information content (AvgIpc) is 2.46. The van der Waals surface area contributed by atoms with Gasteiger partial charge in [-0.2, -0.15) is 0 Å². The maximum atomic E-state index is 12.5. The van der Waals surface area contributed by atoms with Gasteiger partial charge >= 0.3 is 0 Å². The van der Waals surface area contributed by atoms with E-state index in [1.165, 1.54) is 0 Å². The quantitative estimate of drug-likeness (QED) is 0.359. The van der Waals surface area contributed by atoms with Crippen molar-refractivity contribution in [3.8, 4) is 0 Å². The van der Waals surface area contributed by atoms with Gasteiger partial charge in [0, 0.05) is 27.1 Å². The van der Waals surface area contributed by atoms with Crippen LogP contribution in [-0.4, -0.2) is 6.23 Å². The molecule has 0 saturated heterocycles. The summed E-state index contributed by atoms with van der Waals surface area (Å²) in [6, 6.07) is 13.7. The number of halogens is 1. The fourth-order valence-electron chi connectivity index (χ4n) is 2.18. The first-order chi connectivity index (χ1) is 9.65. The van der Waals surface area contributed by atoms with Crippen molar-refractivity contribution in [1.82, 2.24) is 0 Å². The van der Waals surface area contributed by atoms with Crippen molar-refractivity contribution in [3.63, 3.8) is 0 Å². The third-order valence-electron chi connectivity index (χ3n) is 3.17. The number of ether oxygens (including phenoxy) is 1. The highest BCUT2D eigenvalue weighted by Crippen LogP contribution is 2.25. The molecule has 1 unspecified atom stereocenters. The zero-order valence-corrected chi connectivity index (χ0v) is 14.6. The monoisotopic (exact) mass is 413 g/mol. The molecule has 0 aliphatic rings. The highest BCUT2D eigenvalue weighted by Gasteiger charge is 2.07. The van der Waals surface area contributed by atoms with E-state index in [-0.39, 0.29) is 35.6 Å². The molecule has 0 radical (unpaired) electrons. The fourth-order valence-corrected chi connectivity index (χ4v) is 3.23. The lowest BCUT2D eigenvalue weighted by molar-refractivity contribution is -0.487. The molecule has 0 fully saturated rings. The molecular formula is C16H16INO2S. The molecule has 0 aliphatic heterocycles. The first-order valence-electron chi connectivity index (χ1n) is 6.54. The van der Waals surface area contributed by atoms with Crippen molar-refractivity contribution >= 4 is 31.5 Å². The van der Waals surface area contributed by atoms with Crippen LogP contribution in [-0.2, 0) is 11.3 Å². The molecule has 1 aromatic heterocycles. The Morgan fingerprint density at radius 2 is 1.86 bits per heavy atom. The number of hydrogen-bond acceptors (Lipinski definition) is 3. The second-order valence-corrected chi connectivity index (χ2v) is 5.96. The van der Waals surface area contributed by atoms with Gasteiger partial charge in [0.15, 0.2) is 11.7 Å². The topological polar surface area (TPSA) is 53.9 Å². The summed E-state index contributed by atoms with van der Waals surface area (Å²) in [6.45, 7) is 2.38. The zero-order chi connectivity index (χ0) is 14.1. The molecule has 3 aromatic rings. The summed E-state index contributed by atoms with van der Waals surface area (Å²) >= 11 is 1.65. The number of benzene rings is 2. The second-order valence-electron chi connectivity index (χ2n) is 4.88. The smallest absolute Gasteiger partial charge is 0.195 e. The Labute approximate surface area is 143 Å². The maximum absolute atomic E-state index is 12.5. The molecule has 3 rings (SSSR count). The van der Waals surface area contributed by atoms with Gasteiger partial charge in [0.1, 0.15) is 0 Å². The molecule has 0 spiro atoms. The molecule has 0 amide bonds. The van der Waals surface area contributed by atoms with Gasteiger partial charge in [-0.15, -0.1) is 11.3 Å². The lowest BCUT2D eigenvalue weighted by Gasteiger charge is -2.06. The minimum absolute atomic E-state index is 0. The van der Waals surface area contributed by atoms with E-state index >= 15 is 0 Å². The lowest BCUT2D eigenvalue weighted by atomic mass is 10.1. The molecule has 1 atom stereocenters. The van der Waals surface area contributed by atoms with Gasteiger partial charge < -0.3 is 34.4 Å². The van der Waals surface area contributed by atoms with Crippen molar-refractivity contribution in [1.29, 1.82) is 0 Å². The van der Waals surface area contributed by atoms with E-state index in [2.05, 4.69) is 5.73 Å². The van der Waals surface area contributed by atoms with Crippen LogP contribution in [0.2, 0.25) is 0 Å².